The van der Waals surface area contributed by atoms with Gasteiger partial charge in [-0.1, -0.05) is 12.1 Å². The average molecular weight is 324 g/mol. The van der Waals surface area contributed by atoms with Crippen molar-refractivity contribution in [1.82, 2.24) is 4.72 Å². The van der Waals surface area contributed by atoms with E-state index in [0.717, 1.165) is 18.4 Å². The van der Waals surface area contributed by atoms with Crippen molar-refractivity contribution in [1.29, 1.82) is 0 Å². The van der Waals surface area contributed by atoms with Crippen molar-refractivity contribution in [2.75, 3.05) is 13.1 Å². The summed E-state index contributed by atoms with van der Waals surface area (Å²) in [6.07, 6.45) is -3.99. The zero-order valence-electron chi connectivity index (χ0n) is 11.5. The van der Waals surface area contributed by atoms with Gasteiger partial charge in [0, 0.05) is 13.0 Å². The number of rotatable bonds is 8. The molecule has 0 unspecified atom stereocenters. The summed E-state index contributed by atoms with van der Waals surface area (Å²) < 4.78 is 61.8. The highest BCUT2D eigenvalue weighted by molar-refractivity contribution is 7.89. The van der Waals surface area contributed by atoms with Gasteiger partial charge in [0.1, 0.15) is 0 Å². The average Bonchev–Trinajstić information content (AvgIpc) is 2.41. The van der Waals surface area contributed by atoms with Crippen LogP contribution in [0.3, 0.4) is 0 Å². The van der Waals surface area contributed by atoms with Crippen LogP contribution in [-0.2, 0) is 16.4 Å². The normalized spacial score (nSPS) is 12.6. The maximum atomic E-state index is 12.0. The SMILES string of the molecule is NCCCc1ccc(S(=O)(=O)NCCCC(F)(F)F)cc1. The number of aryl methyl sites for hydroxylation is 1. The molecule has 4 nitrogen and oxygen atoms in total. The van der Waals surface area contributed by atoms with Crippen LogP contribution in [0, 0.1) is 0 Å². The second kappa shape index (κ2) is 7.77. The predicted molar refractivity (Wildman–Crippen MR) is 74.3 cm³/mol. The number of nitrogens with one attached hydrogen (secondary N) is 1. The van der Waals surface area contributed by atoms with Crippen molar-refractivity contribution >= 4 is 10.0 Å². The van der Waals surface area contributed by atoms with Gasteiger partial charge >= 0.3 is 6.18 Å². The van der Waals surface area contributed by atoms with Crippen LogP contribution in [0.5, 0.6) is 0 Å². The quantitative estimate of drug-likeness (QED) is 0.720. The number of alkyl halides is 3. The largest absolute Gasteiger partial charge is 0.389 e. The van der Waals surface area contributed by atoms with Crippen LogP contribution >= 0.6 is 0 Å². The lowest BCUT2D eigenvalue weighted by molar-refractivity contribution is -0.135. The summed E-state index contributed by atoms with van der Waals surface area (Å²) in [4.78, 5) is 0.0472. The molecule has 1 aromatic carbocycles. The molecule has 0 aliphatic heterocycles. The number of sulfonamides is 1. The van der Waals surface area contributed by atoms with E-state index in [2.05, 4.69) is 4.72 Å². The number of hydrogen-bond acceptors (Lipinski definition) is 3. The van der Waals surface area contributed by atoms with Crippen LogP contribution in [0.1, 0.15) is 24.8 Å². The number of hydrogen-bond donors (Lipinski definition) is 2. The minimum absolute atomic E-state index is 0.0472. The topological polar surface area (TPSA) is 72.2 Å². The first-order valence-electron chi connectivity index (χ1n) is 6.60. The molecule has 1 aromatic rings. The second-order valence-corrected chi connectivity index (χ2v) is 6.42. The van der Waals surface area contributed by atoms with Crippen LogP contribution < -0.4 is 10.5 Å². The highest BCUT2D eigenvalue weighted by Gasteiger charge is 2.26. The molecule has 0 bridgehead atoms. The van der Waals surface area contributed by atoms with Gasteiger partial charge < -0.3 is 5.73 Å². The Bertz CT molecular complexity index is 527. The Kier molecular flexibility index (Phi) is 6.63. The monoisotopic (exact) mass is 324 g/mol. The number of benzene rings is 1. The summed E-state index contributed by atoms with van der Waals surface area (Å²) in [5, 5.41) is 0. The van der Waals surface area contributed by atoms with Crippen LogP contribution in [0.4, 0.5) is 13.2 Å². The molecule has 0 atom stereocenters. The van der Waals surface area contributed by atoms with Gasteiger partial charge in [0.2, 0.25) is 10.0 Å². The summed E-state index contributed by atoms with van der Waals surface area (Å²) in [6, 6.07) is 6.25. The van der Waals surface area contributed by atoms with E-state index < -0.39 is 22.6 Å². The first kappa shape index (κ1) is 17.9. The first-order valence-corrected chi connectivity index (χ1v) is 8.08. The molecule has 8 heteroatoms. The molecule has 0 saturated heterocycles. The van der Waals surface area contributed by atoms with Gasteiger partial charge in [-0.25, -0.2) is 13.1 Å². The third-order valence-electron chi connectivity index (χ3n) is 2.83. The minimum Gasteiger partial charge on any atom is -0.330 e. The highest BCUT2D eigenvalue weighted by Crippen LogP contribution is 2.21. The fraction of sp³-hybridized carbons (Fsp3) is 0.538. The van der Waals surface area contributed by atoms with Gasteiger partial charge in [-0.15, -0.1) is 0 Å². The molecular weight excluding hydrogens is 305 g/mol. The number of nitrogens with two attached hydrogens (primary N) is 1. The molecular formula is C13H19F3N2O2S. The molecule has 120 valence electrons. The lowest BCUT2D eigenvalue weighted by atomic mass is 10.1. The van der Waals surface area contributed by atoms with Crippen molar-refractivity contribution < 1.29 is 21.6 Å². The zero-order valence-corrected chi connectivity index (χ0v) is 12.3. The van der Waals surface area contributed by atoms with E-state index in [1.54, 1.807) is 12.1 Å². The Morgan fingerprint density at radius 3 is 2.24 bits per heavy atom. The molecule has 0 radical (unpaired) electrons. The summed E-state index contributed by atoms with van der Waals surface area (Å²) in [5.41, 5.74) is 6.36. The molecule has 0 heterocycles. The van der Waals surface area contributed by atoms with Crippen LogP contribution in [0.2, 0.25) is 0 Å². The van der Waals surface area contributed by atoms with Crippen molar-refractivity contribution in [3.8, 4) is 0 Å². The lowest BCUT2D eigenvalue weighted by Crippen LogP contribution is -2.25. The molecule has 0 fully saturated rings. The van der Waals surface area contributed by atoms with E-state index >= 15 is 0 Å². The summed E-state index contributed by atoms with van der Waals surface area (Å²) >= 11 is 0. The van der Waals surface area contributed by atoms with Gasteiger partial charge in [0.05, 0.1) is 4.90 Å². The van der Waals surface area contributed by atoms with Gasteiger partial charge in [-0.05, 0) is 43.5 Å². The summed E-state index contributed by atoms with van der Waals surface area (Å²) in [5.74, 6) is 0. The molecule has 0 spiro atoms. The third-order valence-corrected chi connectivity index (χ3v) is 4.31. The number of halogens is 3. The van der Waals surface area contributed by atoms with Crippen molar-refractivity contribution in [2.24, 2.45) is 5.73 Å². The standard InChI is InChI=1S/C13H19F3N2O2S/c14-13(15,16)8-2-10-18-21(19,20)12-6-4-11(5-7-12)3-1-9-17/h4-7,18H,1-3,8-10,17H2. The smallest absolute Gasteiger partial charge is 0.330 e. The molecule has 3 N–H and O–H groups in total. The van der Waals surface area contributed by atoms with E-state index in [9.17, 15) is 21.6 Å². The van der Waals surface area contributed by atoms with Gasteiger partial charge in [0.25, 0.3) is 0 Å². The fourth-order valence-electron chi connectivity index (χ4n) is 1.72. The van der Waals surface area contributed by atoms with E-state index in [-0.39, 0.29) is 17.9 Å². The van der Waals surface area contributed by atoms with Gasteiger partial charge in [-0.3, -0.25) is 0 Å². The van der Waals surface area contributed by atoms with Crippen molar-refractivity contribution in [3.63, 3.8) is 0 Å². The lowest BCUT2D eigenvalue weighted by Gasteiger charge is -2.09. The van der Waals surface area contributed by atoms with Gasteiger partial charge in [-0.2, -0.15) is 13.2 Å². The van der Waals surface area contributed by atoms with E-state index in [4.69, 9.17) is 5.73 Å². The molecule has 0 aromatic heterocycles. The molecule has 0 saturated carbocycles. The Labute approximate surface area is 122 Å². The van der Waals surface area contributed by atoms with E-state index in [0.29, 0.717) is 6.54 Å². The predicted octanol–water partition coefficient (Wildman–Crippen LogP) is 2.20. The zero-order chi connectivity index (χ0) is 15.9. The van der Waals surface area contributed by atoms with Crippen LogP contribution in [-0.4, -0.2) is 27.7 Å². The van der Waals surface area contributed by atoms with Crippen LogP contribution in [0.25, 0.3) is 0 Å². The third kappa shape index (κ3) is 6.92. The summed E-state index contributed by atoms with van der Waals surface area (Å²) in [7, 11) is -3.76. The molecule has 1 rings (SSSR count). The maximum Gasteiger partial charge on any atom is 0.389 e. The van der Waals surface area contributed by atoms with Crippen molar-refractivity contribution in [2.45, 2.75) is 36.8 Å². The Hall–Kier alpha value is -1.12. The van der Waals surface area contributed by atoms with Gasteiger partial charge in [0.15, 0.2) is 0 Å². The van der Waals surface area contributed by atoms with E-state index in [1.807, 2.05) is 0 Å². The Balaban J connectivity index is 2.54. The van der Waals surface area contributed by atoms with E-state index in [1.165, 1.54) is 12.1 Å². The molecule has 0 aliphatic rings. The second-order valence-electron chi connectivity index (χ2n) is 4.65. The van der Waals surface area contributed by atoms with Crippen LogP contribution in [0.15, 0.2) is 29.2 Å². The molecule has 0 amide bonds. The minimum atomic E-state index is -4.27. The molecule has 21 heavy (non-hydrogen) atoms. The Morgan fingerprint density at radius 2 is 1.71 bits per heavy atom. The summed E-state index contributed by atoms with van der Waals surface area (Å²) in [6.45, 7) is 0.317. The maximum absolute atomic E-state index is 12.0. The van der Waals surface area contributed by atoms with Crippen molar-refractivity contribution in [3.05, 3.63) is 29.8 Å². The molecule has 0 aliphatic carbocycles. The highest BCUT2D eigenvalue weighted by atomic mass is 32.2. The Morgan fingerprint density at radius 1 is 1.10 bits per heavy atom. The fourth-order valence-corrected chi connectivity index (χ4v) is 2.79. The first-order chi connectivity index (χ1) is 9.74.